The molecule has 174 valence electrons. The average molecular weight is 476 g/mol. The van der Waals surface area contributed by atoms with Crippen molar-refractivity contribution in [2.75, 3.05) is 5.75 Å². The summed E-state index contributed by atoms with van der Waals surface area (Å²) in [5.41, 5.74) is 2.90. The van der Waals surface area contributed by atoms with Crippen molar-refractivity contribution in [1.82, 2.24) is 25.1 Å². The van der Waals surface area contributed by atoms with Gasteiger partial charge < -0.3 is 5.32 Å². The first-order valence-electron chi connectivity index (χ1n) is 11.1. The minimum atomic E-state index is -0.295. The number of thioether (sulfide) groups is 1. The Morgan fingerprint density at radius 2 is 1.71 bits per heavy atom. The van der Waals surface area contributed by atoms with E-state index in [1.807, 2.05) is 60.9 Å². The van der Waals surface area contributed by atoms with Crippen molar-refractivity contribution in [3.05, 3.63) is 96.1 Å². The smallest absolute Gasteiger partial charge is 0.230 e. The average Bonchev–Trinajstić information content (AvgIpc) is 3.25. The van der Waals surface area contributed by atoms with Crippen LogP contribution in [0.1, 0.15) is 31.0 Å². The summed E-state index contributed by atoms with van der Waals surface area (Å²) in [6.07, 6.45) is 3.44. The highest BCUT2D eigenvalue weighted by molar-refractivity contribution is 7.99. The third-order valence-electron chi connectivity index (χ3n) is 5.38. The Morgan fingerprint density at radius 3 is 2.38 bits per heavy atom. The van der Waals surface area contributed by atoms with Crippen LogP contribution in [-0.4, -0.2) is 31.4 Å². The van der Waals surface area contributed by atoms with E-state index >= 15 is 0 Å². The highest BCUT2D eigenvalue weighted by Crippen LogP contribution is 2.26. The first-order chi connectivity index (χ1) is 16.5. The van der Waals surface area contributed by atoms with Crippen LogP contribution in [0.2, 0.25) is 0 Å². The van der Waals surface area contributed by atoms with Crippen molar-refractivity contribution in [3.63, 3.8) is 0 Å². The van der Waals surface area contributed by atoms with Crippen molar-refractivity contribution in [1.29, 1.82) is 0 Å². The Balaban J connectivity index is 1.51. The van der Waals surface area contributed by atoms with Gasteiger partial charge in [0.25, 0.3) is 0 Å². The van der Waals surface area contributed by atoms with Gasteiger partial charge in [-0.2, -0.15) is 0 Å². The third-order valence-corrected chi connectivity index (χ3v) is 6.35. The summed E-state index contributed by atoms with van der Waals surface area (Å²) in [6, 6.07) is 19.9. The SMILES string of the molecule is CC(C)C(NC(=O)CSc1nnc(-c2ccncc2)n1Cc1ccccc1)c1ccc(F)cc1. The molecule has 0 saturated carbocycles. The maximum Gasteiger partial charge on any atom is 0.230 e. The maximum absolute atomic E-state index is 13.3. The highest BCUT2D eigenvalue weighted by atomic mass is 32.2. The number of amides is 1. The molecule has 0 radical (unpaired) electrons. The second kappa shape index (κ2) is 11.1. The molecule has 0 aliphatic carbocycles. The number of carbonyl (C=O) groups is 1. The fourth-order valence-corrected chi connectivity index (χ4v) is 4.42. The van der Waals surface area contributed by atoms with Crippen LogP contribution < -0.4 is 5.32 Å². The van der Waals surface area contributed by atoms with E-state index in [0.717, 1.165) is 22.5 Å². The van der Waals surface area contributed by atoms with E-state index < -0.39 is 0 Å². The fraction of sp³-hybridized carbons (Fsp3) is 0.231. The molecule has 2 aromatic carbocycles. The van der Waals surface area contributed by atoms with E-state index in [4.69, 9.17) is 0 Å². The van der Waals surface area contributed by atoms with Crippen molar-refractivity contribution >= 4 is 17.7 Å². The van der Waals surface area contributed by atoms with E-state index in [0.29, 0.717) is 11.7 Å². The Bertz CT molecular complexity index is 1210. The van der Waals surface area contributed by atoms with Crippen LogP contribution in [0, 0.1) is 11.7 Å². The number of benzene rings is 2. The van der Waals surface area contributed by atoms with Crippen LogP contribution in [-0.2, 0) is 11.3 Å². The molecule has 0 bridgehead atoms. The highest BCUT2D eigenvalue weighted by Gasteiger charge is 2.20. The zero-order valence-corrected chi connectivity index (χ0v) is 19.9. The number of carbonyl (C=O) groups excluding carboxylic acids is 1. The number of hydrogen-bond donors (Lipinski definition) is 1. The molecule has 1 N–H and O–H groups in total. The van der Waals surface area contributed by atoms with E-state index in [-0.39, 0.29) is 29.4 Å². The van der Waals surface area contributed by atoms with Crippen LogP contribution in [0.3, 0.4) is 0 Å². The van der Waals surface area contributed by atoms with Gasteiger partial charge in [0, 0.05) is 18.0 Å². The third kappa shape index (κ3) is 5.88. The van der Waals surface area contributed by atoms with Crippen molar-refractivity contribution in [3.8, 4) is 11.4 Å². The molecule has 0 aliphatic rings. The van der Waals surface area contributed by atoms with Gasteiger partial charge >= 0.3 is 0 Å². The molecule has 34 heavy (non-hydrogen) atoms. The zero-order valence-electron chi connectivity index (χ0n) is 19.1. The van der Waals surface area contributed by atoms with Gasteiger partial charge in [0.15, 0.2) is 11.0 Å². The van der Waals surface area contributed by atoms with Gasteiger partial charge in [-0.3, -0.25) is 14.3 Å². The molecule has 2 aromatic heterocycles. The molecule has 8 heteroatoms. The summed E-state index contributed by atoms with van der Waals surface area (Å²) in [6.45, 7) is 4.64. The molecule has 2 heterocycles. The number of aromatic nitrogens is 4. The largest absolute Gasteiger partial charge is 0.348 e. The van der Waals surface area contributed by atoms with Gasteiger partial charge in [-0.15, -0.1) is 10.2 Å². The molecule has 0 aliphatic heterocycles. The second-order valence-electron chi connectivity index (χ2n) is 8.24. The second-order valence-corrected chi connectivity index (χ2v) is 9.19. The van der Waals surface area contributed by atoms with Gasteiger partial charge in [-0.25, -0.2) is 4.39 Å². The van der Waals surface area contributed by atoms with Crippen molar-refractivity contribution in [2.24, 2.45) is 5.92 Å². The standard InChI is InChI=1S/C26H26FN5OS/c1-18(2)24(20-8-10-22(27)11-9-20)29-23(33)17-34-26-31-30-25(21-12-14-28-15-13-21)32(26)16-19-6-4-3-5-7-19/h3-15,18,24H,16-17H2,1-2H3,(H,29,33). The van der Waals surface area contributed by atoms with E-state index in [1.54, 1.807) is 24.5 Å². The summed E-state index contributed by atoms with van der Waals surface area (Å²) in [4.78, 5) is 16.9. The predicted molar refractivity (Wildman–Crippen MR) is 132 cm³/mol. The fourth-order valence-electron chi connectivity index (χ4n) is 3.67. The summed E-state index contributed by atoms with van der Waals surface area (Å²) >= 11 is 1.34. The molecule has 4 aromatic rings. The van der Waals surface area contributed by atoms with Gasteiger partial charge in [0.1, 0.15) is 5.82 Å². The molecular formula is C26H26FN5OS. The lowest BCUT2D eigenvalue weighted by atomic mass is 9.96. The molecule has 1 amide bonds. The number of nitrogens with one attached hydrogen (secondary N) is 1. The Morgan fingerprint density at radius 1 is 1.00 bits per heavy atom. The van der Waals surface area contributed by atoms with Crippen LogP contribution in [0.15, 0.2) is 84.3 Å². The summed E-state index contributed by atoms with van der Waals surface area (Å²) in [5.74, 6) is 0.650. The van der Waals surface area contributed by atoms with Gasteiger partial charge in [-0.05, 0) is 41.3 Å². The minimum absolute atomic E-state index is 0.118. The van der Waals surface area contributed by atoms with Crippen LogP contribution in [0.4, 0.5) is 4.39 Å². The summed E-state index contributed by atoms with van der Waals surface area (Å²) in [5, 5.41) is 12.5. The van der Waals surface area contributed by atoms with Crippen molar-refractivity contribution in [2.45, 2.75) is 31.6 Å². The van der Waals surface area contributed by atoms with Crippen LogP contribution in [0.5, 0.6) is 0 Å². The van der Waals surface area contributed by atoms with E-state index in [1.165, 1.54) is 23.9 Å². The van der Waals surface area contributed by atoms with Gasteiger partial charge in [0.05, 0.1) is 18.3 Å². The monoisotopic (exact) mass is 475 g/mol. The first kappa shape index (κ1) is 23.6. The Labute approximate surface area is 202 Å². The number of nitrogens with zero attached hydrogens (tertiary/aromatic N) is 4. The van der Waals surface area contributed by atoms with Gasteiger partial charge in [-0.1, -0.05) is 68.1 Å². The maximum atomic E-state index is 13.3. The molecule has 0 spiro atoms. The lowest BCUT2D eigenvalue weighted by Crippen LogP contribution is -2.33. The number of halogens is 1. The number of pyridine rings is 1. The molecule has 1 atom stereocenters. The van der Waals surface area contributed by atoms with Crippen LogP contribution in [0.25, 0.3) is 11.4 Å². The van der Waals surface area contributed by atoms with Gasteiger partial charge in [0.2, 0.25) is 5.91 Å². The normalized spacial score (nSPS) is 12.0. The predicted octanol–water partition coefficient (Wildman–Crippen LogP) is 5.13. The quantitative estimate of drug-likeness (QED) is 0.340. The topological polar surface area (TPSA) is 72.7 Å². The van der Waals surface area contributed by atoms with E-state index in [9.17, 15) is 9.18 Å². The minimum Gasteiger partial charge on any atom is -0.348 e. The van der Waals surface area contributed by atoms with Crippen LogP contribution >= 0.6 is 11.8 Å². The summed E-state index contributed by atoms with van der Waals surface area (Å²) < 4.78 is 15.3. The number of hydrogen-bond acceptors (Lipinski definition) is 5. The lowest BCUT2D eigenvalue weighted by Gasteiger charge is -2.23. The molecule has 4 rings (SSSR count). The molecule has 1 unspecified atom stereocenters. The molecule has 0 fully saturated rings. The van der Waals surface area contributed by atoms with Crippen molar-refractivity contribution < 1.29 is 9.18 Å². The lowest BCUT2D eigenvalue weighted by molar-refractivity contribution is -0.119. The molecule has 0 saturated heterocycles. The Kier molecular flexibility index (Phi) is 7.69. The molecular weight excluding hydrogens is 449 g/mol. The zero-order chi connectivity index (χ0) is 23.9. The summed E-state index contributed by atoms with van der Waals surface area (Å²) in [7, 11) is 0. The number of rotatable bonds is 9. The Hall–Kier alpha value is -3.52. The molecule has 6 nitrogen and oxygen atoms in total. The first-order valence-corrected chi connectivity index (χ1v) is 12.0. The van der Waals surface area contributed by atoms with E-state index in [2.05, 4.69) is 20.5 Å².